The summed E-state index contributed by atoms with van der Waals surface area (Å²) in [5, 5.41) is 8.90. The van der Waals surface area contributed by atoms with E-state index in [-0.39, 0.29) is 18.5 Å². The van der Waals surface area contributed by atoms with E-state index in [1.165, 1.54) is 0 Å². The zero-order chi connectivity index (χ0) is 14.4. The van der Waals surface area contributed by atoms with Gasteiger partial charge in [0.05, 0.1) is 6.42 Å². The number of amides is 2. The van der Waals surface area contributed by atoms with Crippen LogP contribution in [0.3, 0.4) is 0 Å². The van der Waals surface area contributed by atoms with E-state index in [4.69, 9.17) is 5.11 Å². The Kier molecular flexibility index (Phi) is 6.12. The van der Waals surface area contributed by atoms with Crippen LogP contribution in [-0.2, 0) is 4.79 Å². The van der Waals surface area contributed by atoms with Crippen molar-refractivity contribution in [3.63, 3.8) is 0 Å². The van der Waals surface area contributed by atoms with Gasteiger partial charge in [-0.25, -0.2) is 4.79 Å². The van der Waals surface area contributed by atoms with Gasteiger partial charge >= 0.3 is 12.0 Å². The van der Waals surface area contributed by atoms with Gasteiger partial charge in [-0.2, -0.15) is 0 Å². The minimum atomic E-state index is -0.824. The minimum Gasteiger partial charge on any atom is -0.481 e. The average Bonchev–Trinajstić information content (AvgIpc) is 2.81. The average molecular weight is 270 g/mol. The molecule has 0 spiro atoms. The van der Waals surface area contributed by atoms with Crippen LogP contribution in [-0.4, -0.2) is 52.6 Å². The first-order chi connectivity index (χ1) is 8.99. The maximum absolute atomic E-state index is 12.5. The molecule has 0 aliphatic carbocycles. The number of carboxylic acid groups (broad SMARTS) is 1. The molecule has 1 heterocycles. The van der Waals surface area contributed by atoms with Crippen LogP contribution in [0, 0.1) is 5.92 Å². The second-order valence-electron chi connectivity index (χ2n) is 5.42. The van der Waals surface area contributed by atoms with Gasteiger partial charge in [0, 0.05) is 25.7 Å². The summed E-state index contributed by atoms with van der Waals surface area (Å²) in [6.07, 6.45) is 2.82. The lowest BCUT2D eigenvalue weighted by Crippen LogP contribution is -2.47. The lowest BCUT2D eigenvalue weighted by atomic mass is 10.1. The highest BCUT2D eigenvalue weighted by Gasteiger charge is 2.32. The van der Waals surface area contributed by atoms with Crippen LogP contribution in [0.15, 0.2) is 0 Å². The highest BCUT2D eigenvalue weighted by atomic mass is 16.4. The zero-order valence-electron chi connectivity index (χ0n) is 12.3. The molecular weight excluding hydrogens is 244 g/mol. The summed E-state index contributed by atoms with van der Waals surface area (Å²) in [6, 6.07) is -0.123. The van der Waals surface area contributed by atoms with Gasteiger partial charge in [-0.1, -0.05) is 20.3 Å². The second-order valence-corrected chi connectivity index (χ2v) is 5.42. The molecule has 19 heavy (non-hydrogen) atoms. The Balaban J connectivity index is 2.65. The van der Waals surface area contributed by atoms with Gasteiger partial charge in [0.1, 0.15) is 0 Å². The maximum Gasteiger partial charge on any atom is 0.320 e. The van der Waals surface area contributed by atoms with Crippen molar-refractivity contribution in [2.45, 2.75) is 52.5 Å². The number of urea groups is 1. The zero-order valence-corrected chi connectivity index (χ0v) is 12.3. The predicted octanol–water partition coefficient (Wildman–Crippen LogP) is 2.41. The Morgan fingerprint density at radius 3 is 2.63 bits per heavy atom. The second kappa shape index (κ2) is 7.36. The Hall–Kier alpha value is -1.26. The van der Waals surface area contributed by atoms with Gasteiger partial charge in [-0.05, 0) is 25.7 Å². The lowest BCUT2D eigenvalue weighted by Gasteiger charge is -2.32. The first-order valence-electron chi connectivity index (χ1n) is 7.26. The molecule has 1 saturated heterocycles. The SMILES string of the molecule is CCC(C)CN(CC)C(=O)N1CCCC1CC(=O)O. The lowest BCUT2D eigenvalue weighted by molar-refractivity contribution is -0.138. The Morgan fingerprint density at radius 1 is 1.42 bits per heavy atom. The van der Waals surface area contributed by atoms with E-state index in [2.05, 4.69) is 13.8 Å². The third-order valence-electron chi connectivity index (χ3n) is 3.91. The van der Waals surface area contributed by atoms with Gasteiger partial charge in [-0.15, -0.1) is 0 Å². The Bertz CT molecular complexity index is 320. The van der Waals surface area contributed by atoms with Crippen LogP contribution in [0.5, 0.6) is 0 Å². The molecule has 1 aliphatic heterocycles. The molecule has 1 N–H and O–H groups in total. The molecule has 110 valence electrons. The molecule has 2 amide bonds. The standard InChI is InChI=1S/C14H26N2O3/c1-4-11(3)10-15(5-2)14(19)16-8-6-7-12(16)9-13(17)18/h11-12H,4-10H2,1-3H3,(H,17,18). The molecule has 0 radical (unpaired) electrons. The van der Waals surface area contributed by atoms with Gasteiger partial charge in [0.15, 0.2) is 0 Å². The van der Waals surface area contributed by atoms with E-state index in [1.54, 1.807) is 4.90 Å². The third-order valence-corrected chi connectivity index (χ3v) is 3.91. The number of carbonyl (C=O) groups is 2. The summed E-state index contributed by atoms with van der Waals surface area (Å²) >= 11 is 0. The van der Waals surface area contributed by atoms with Crippen LogP contribution >= 0.6 is 0 Å². The monoisotopic (exact) mass is 270 g/mol. The topological polar surface area (TPSA) is 60.9 Å². The molecular formula is C14H26N2O3. The van der Waals surface area contributed by atoms with Crippen LogP contribution in [0.1, 0.15) is 46.5 Å². The van der Waals surface area contributed by atoms with Crippen LogP contribution in [0.25, 0.3) is 0 Å². The Morgan fingerprint density at radius 2 is 2.11 bits per heavy atom. The molecule has 5 nitrogen and oxygen atoms in total. The van der Waals surface area contributed by atoms with E-state index in [9.17, 15) is 9.59 Å². The fourth-order valence-corrected chi connectivity index (χ4v) is 2.53. The van der Waals surface area contributed by atoms with Crippen molar-refractivity contribution in [2.24, 2.45) is 5.92 Å². The fraction of sp³-hybridized carbons (Fsp3) is 0.857. The number of nitrogens with zero attached hydrogens (tertiary/aromatic N) is 2. The predicted molar refractivity (Wildman–Crippen MR) is 74.1 cm³/mol. The largest absolute Gasteiger partial charge is 0.481 e. The van der Waals surface area contributed by atoms with Crippen molar-refractivity contribution in [2.75, 3.05) is 19.6 Å². The third kappa shape index (κ3) is 4.40. The summed E-state index contributed by atoms with van der Waals surface area (Å²) in [5.41, 5.74) is 0. The summed E-state index contributed by atoms with van der Waals surface area (Å²) in [7, 11) is 0. The number of carbonyl (C=O) groups excluding carboxylic acids is 1. The molecule has 0 bridgehead atoms. The number of carboxylic acids is 1. The van der Waals surface area contributed by atoms with Crippen LogP contribution in [0.2, 0.25) is 0 Å². The van der Waals surface area contributed by atoms with E-state index in [0.29, 0.717) is 19.0 Å². The van der Waals surface area contributed by atoms with E-state index >= 15 is 0 Å². The summed E-state index contributed by atoms with van der Waals surface area (Å²) in [6.45, 7) is 8.35. The van der Waals surface area contributed by atoms with Crippen molar-refractivity contribution in [1.29, 1.82) is 0 Å². The first kappa shape index (κ1) is 15.8. The van der Waals surface area contributed by atoms with E-state index < -0.39 is 5.97 Å². The number of hydrogen-bond donors (Lipinski definition) is 1. The number of likely N-dealkylation sites (tertiary alicyclic amines) is 1. The molecule has 5 heteroatoms. The summed E-state index contributed by atoms with van der Waals surface area (Å²) in [5.74, 6) is -0.348. The van der Waals surface area contributed by atoms with E-state index in [0.717, 1.165) is 25.8 Å². The molecule has 0 aromatic rings. The smallest absolute Gasteiger partial charge is 0.320 e. The van der Waals surface area contributed by atoms with Gasteiger partial charge in [-0.3, -0.25) is 4.79 Å². The van der Waals surface area contributed by atoms with Crippen molar-refractivity contribution >= 4 is 12.0 Å². The van der Waals surface area contributed by atoms with Crippen molar-refractivity contribution in [3.05, 3.63) is 0 Å². The highest BCUT2D eigenvalue weighted by molar-refractivity contribution is 5.76. The molecule has 2 unspecified atom stereocenters. The molecule has 1 fully saturated rings. The van der Waals surface area contributed by atoms with Gasteiger partial charge < -0.3 is 14.9 Å². The van der Waals surface area contributed by atoms with Crippen molar-refractivity contribution < 1.29 is 14.7 Å². The molecule has 0 aromatic heterocycles. The molecule has 1 rings (SSSR count). The molecule has 0 aromatic carbocycles. The first-order valence-corrected chi connectivity index (χ1v) is 7.26. The normalized spacial score (nSPS) is 20.4. The number of hydrogen-bond acceptors (Lipinski definition) is 2. The van der Waals surface area contributed by atoms with Crippen LogP contribution in [0.4, 0.5) is 4.79 Å². The number of aliphatic carboxylic acids is 1. The fourth-order valence-electron chi connectivity index (χ4n) is 2.53. The molecule has 2 atom stereocenters. The van der Waals surface area contributed by atoms with Crippen LogP contribution < -0.4 is 0 Å². The number of rotatable bonds is 6. The molecule has 1 aliphatic rings. The summed E-state index contributed by atoms with van der Waals surface area (Å²) < 4.78 is 0. The minimum absolute atomic E-state index is 0.00606. The van der Waals surface area contributed by atoms with E-state index in [1.807, 2.05) is 11.8 Å². The Labute approximate surface area is 115 Å². The summed E-state index contributed by atoms with van der Waals surface area (Å²) in [4.78, 5) is 26.9. The quantitative estimate of drug-likeness (QED) is 0.806. The molecule has 0 saturated carbocycles. The maximum atomic E-state index is 12.5. The highest BCUT2D eigenvalue weighted by Crippen LogP contribution is 2.22. The van der Waals surface area contributed by atoms with Crippen molar-refractivity contribution in [1.82, 2.24) is 9.80 Å². The van der Waals surface area contributed by atoms with Gasteiger partial charge in [0.2, 0.25) is 0 Å². The van der Waals surface area contributed by atoms with Crippen molar-refractivity contribution in [3.8, 4) is 0 Å². The van der Waals surface area contributed by atoms with Gasteiger partial charge in [0.25, 0.3) is 0 Å².